The van der Waals surface area contributed by atoms with E-state index >= 15 is 0 Å². The summed E-state index contributed by atoms with van der Waals surface area (Å²) in [6, 6.07) is 0. The minimum absolute atomic E-state index is 0.336. The van der Waals surface area contributed by atoms with E-state index in [-0.39, 0.29) is 5.75 Å². The molecule has 0 unspecified atom stereocenters. The van der Waals surface area contributed by atoms with Crippen molar-refractivity contribution in [2.75, 3.05) is 7.11 Å². The molecule has 1 heterocycles. The zero-order valence-corrected chi connectivity index (χ0v) is 6.61. The predicted molar refractivity (Wildman–Crippen MR) is 38.5 cm³/mol. The molecule has 1 aromatic heterocycles. The van der Waals surface area contributed by atoms with Crippen LogP contribution < -0.4 is 10.2 Å². The largest absolute Gasteiger partial charge is 0.491 e. The number of hydrogen-bond acceptors (Lipinski definition) is 2. The van der Waals surface area contributed by atoms with Gasteiger partial charge in [-0.15, -0.1) is 0 Å². The van der Waals surface area contributed by atoms with Gasteiger partial charge < -0.3 is 9.72 Å². The normalized spacial score (nSPS) is 10.5. The molecule has 0 fully saturated rings. The molecular weight excluding hydrogens is 187 g/mol. The van der Waals surface area contributed by atoms with Crippen molar-refractivity contribution in [1.29, 1.82) is 0 Å². The van der Waals surface area contributed by atoms with Gasteiger partial charge in [-0.05, 0) is 0 Å². The third kappa shape index (κ3) is 1.66. The summed E-state index contributed by atoms with van der Waals surface area (Å²) in [5, 5.41) is 0. The van der Waals surface area contributed by atoms with Gasteiger partial charge in [0.15, 0.2) is 5.75 Å². The lowest BCUT2D eigenvalue weighted by molar-refractivity contribution is 0.143. The number of nitrogens with one attached hydrogen (secondary N) is 1. The van der Waals surface area contributed by atoms with Gasteiger partial charge >= 0.3 is 0 Å². The summed E-state index contributed by atoms with van der Waals surface area (Å²) in [7, 11) is 1.14. The lowest BCUT2D eigenvalue weighted by Gasteiger charge is -2.03. The van der Waals surface area contributed by atoms with Crippen molar-refractivity contribution < 1.29 is 17.9 Å². The van der Waals surface area contributed by atoms with E-state index in [0.717, 1.165) is 13.3 Å². The van der Waals surface area contributed by atoms with Gasteiger partial charge in [0.25, 0.3) is 6.43 Å². The Hall–Kier alpha value is -1.46. The molecule has 72 valence electrons. The maximum Gasteiger partial charge on any atom is 0.272 e. The Morgan fingerprint density at radius 1 is 1.54 bits per heavy atom. The van der Waals surface area contributed by atoms with Crippen LogP contribution >= 0.6 is 0 Å². The molecule has 0 aliphatic heterocycles. The van der Waals surface area contributed by atoms with Crippen molar-refractivity contribution >= 4 is 0 Å². The number of alkyl halides is 2. The highest BCUT2D eigenvalue weighted by atomic mass is 19.3. The third-order valence-electron chi connectivity index (χ3n) is 1.47. The first kappa shape index (κ1) is 9.63. The fourth-order valence-corrected chi connectivity index (χ4v) is 0.851. The summed E-state index contributed by atoms with van der Waals surface area (Å²) >= 11 is 0. The molecule has 1 aromatic rings. The van der Waals surface area contributed by atoms with Crippen LogP contribution in [0.3, 0.4) is 0 Å². The van der Waals surface area contributed by atoms with E-state index in [9.17, 15) is 18.0 Å². The van der Waals surface area contributed by atoms with Crippen molar-refractivity contribution in [3.05, 3.63) is 27.9 Å². The number of halogens is 3. The lowest BCUT2D eigenvalue weighted by Crippen LogP contribution is -2.15. The first-order valence-electron chi connectivity index (χ1n) is 3.31. The van der Waals surface area contributed by atoms with Gasteiger partial charge in [0.05, 0.1) is 7.11 Å². The van der Waals surface area contributed by atoms with Crippen LogP contribution in [0.5, 0.6) is 5.75 Å². The average molecular weight is 193 g/mol. The molecule has 0 spiro atoms. The van der Waals surface area contributed by atoms with E-state index in [0.29, 0.717) is 0 Å². The van der Waals surface area contributed by atoms with E-state index in [1.807, 2.05) is 4.98 Å². The number of hydrogen-bond donors (Lipinski definition) is 1. The number of aromatic amines is 1. The molecule has 0 atom stereocenters. The first-order chi connectivity index (χ1) is 6.07. The van der Waals surface area contributed by atoms with Crippen LogP contribution in [-0.4, -0.2) is 12.1 Å². The minimum atomic E-state index is -3.15. The van der Waals surface area contributed by atoms with Crippen LogP contribution in [0.2, 0.25) is 0 Å². The van der Waals surface area contributed by atoms with Crippen LogP contribution in [0, 0.1) is 5.95 Å². The summed E-state index contributed by atoms with van der Waals surface area (Å²) in [5.41, 5.74) is -2.33. The molecule has 0 aliphatic carbocycles. The molecule has 0 aromatic carbocycles. The molecule has 0 aliphatic rings. The van der Waals surface area contributed by atoms with Crippen molar-refractivity contribution in [3.8, 4) is 5.75 Å². The molecule has 0 radical (unpaired) electrons. The van der Waals surface area contributed by atoms with Crippen LogP contribution in [0.15, 0.2) is 11.0 Å². The standard InChI is InChI=1S/C7H6F3NO2/c1-13-3-2-11-7(10)4(5(3)12)6(8)9/h2,6H,1H3,(H,11,12). The highest BCUT2D eigenvalue weighted by Gasteiger charge is 2.20. The number of rotatable bonds is 2. The Morgan fingerprint density at radius 2 is 2.15 bits per heavy atom. The summed E-state index contributed by atoms with van der Waals surface area (Å²) in [6.45, 7) is 0. The molecule has 0 saturated carbocycles. The SMILES string of the molecule is COc1c[nH]c(F)c(C(F)F)c1=O. The van der Waals surface area contributed by atoms with Crippen LogP contribution in [0.4, 0.5) is 13.2 Å². The molecule has 0 amide bonds. The number of methoxy groups -OCH3 is 1. The van der Waals surface area contributed by atoms with E-state index in [4.69, 9.17) is 0 Å². The average Bonchev–Trinajstić information content (AvgIpc) is 2.04. The molecular formula is C7H6F3NO2. The van der Waals surface area contributed by atoms with Crippen LogP contribution in [-0.2, 0) is 0 Å². The summed E-state index contributed by atoms with van der Waals surface area (Å²) in [5.74, 6) is -1.67. The zero-order chi connectivity index (χ0) is 10.0. The fraction of sp³-hybridized carbons (Fsp3) is 0.286. The van der Waals surface area contributed by atoms with E-state index in [2.05, 4.69) is 4.74 Å². The topological polar surface area (TPSA) is 42.1 Å². The highest BCUT2D eigenvalue weighted by molar-refractivity contribution is 5.25. The Morgan fingerprint density at radius 3 is 2.62 bits per heavy atom. The van der Waals surface area contributed by atoms with Gasteiger partial charge in [0.2, 0.25) is 11.4 Å². The Bertz CT molecular complexity index is 361. The lowest BCUT2D eigenvalue weighted by atomic mass is 10.2. The monoisotopic (exact) mass is 193 g/mol. The van der Waals surface area contributed by atoms with E-state index in [1.54, 1.807) is 0 Å². The van der Waals surface area contributed by atoms with Gasteiger partial charge in [-0.25, -0.2) is 8.78 Å². The molecule has 0 bridgehead atoms. The Labute approximate surface area is 71.2 Å². The maximum atomic E-state index is 12.6. The maximum absolute atomic E-state index is 12.6. The summed E-state index contributed by atoms with van der Waals surface area (Å²) in [6.07, 6.45) is -2.26. The zero-order valence-electron chi connectivity index (χ0n) is 6.61. The summed E-state index contributed by atoms with van der Waals surface area (Å²) < 4.78 is 41.3. The van der Waals surface area contributed by atoms with Crippen molar-refractivity contribution in [2.45, 2.75) is 6.43 Å². The van der Waals surface area contributed by atoms with Crippen molar-refractivity contribution in [3.63, 3.8) is 0 Å². The van der Waals surface area contributed by atoms with Crippen molar-refractivity contribution in [2.24, 2.45) is 0 Å². The van der Waals surface area contributed by atoms with Crippen LogP contribution in [0.1, 0.15) is 12.0 Å². The number of pyridine rings is 1. The molecule has 0 saturated heterocycles. The Kier molecular flexibility index (Phi) is 2.60. The number of ether oxygens (including phenoxy) is 1. The van der Waals surface area contributed by atoms with E-state index in [1.165, 1.54) is 0 Å². The quantitative estimate of drug-likeness (QED) is 0.722. The number of H-pyrrole nitrogens is 1. The smallest absolute Gasteiger partial charge is 0.272 e. The van der Waals surface area contributed by atoms with Gasteiger partial charge in [-0.2, -0.15) is 4.39 Å². The molecule has 3 nitrogen and oxygen atoms in total. The van der Waals surface area contributed by atoms with Gasteiger partial charge in [0, 0.05) is 6.20 Å². The van der Waals surface area contributed by atoms with Gasteiger partial charge in [0.1, 0.15) is 5.56 Å². The minimum Gasteiger partial charge on any atom is -0.491 e. The number of aromatic nitrogens is 1. The summed E-state index contributed by atoms with van der Waals surface area (Å²) in [4.78, 5) is 12.9. The fourth-order valence-electron chi connectivity index (χ4n) is 0.851. The third-order valence-corrected chi connectivity index (χ3v) is 1.47. The molecule has 1 rings (SSSR count). The second-order valence-corrected chi connectivity index (χ2v) is 2.21. The first-order valence-corrected chi connectivity index (χ1v) is 3.31. The van der Waals surface area contributed by atoms with Gasteiger partial charge in [-0.1, -0.05) is 0 Å². The molecule has 1 N–H and O–H groups in total. The molecule has 13 heavy (non-hydrogen) atoms. The highest BCUT2D eigenvalue weighted by Crippen LogP contribution is 2.18. The Balaban J connectivity index is 3.39. The van der Waals surface area contributed by atoms with Crippen molar-refractivity contribution in [1.82, 2.24) is 4.98 Å². The van der Waals surface area contributed by atoms with E-state index < -0.39 is 23.4 Å². The second kappa shape index (κ2) is 3.51. The second-order valence-electron chi connectivity index (χ2n) is 2.21. The van der Waals surface area contributed by atoms with Crippen LogP contribution in [0.25, 0.3) is 0 Å². The van der Waals surface area contributed by atoms with Gasteiger partial charge in [-0.3, -0.25) is 4.79 Å². The predicted octanol–water partition coefficient (Wildman–Crippen LogP) is 1.46. The molecule has 6 heteroatoms.